The number of aromatic nitrogens is 2. The quantitative estimate of drug-likeness (QED) is 0.262. The van der Waals surface area contributed by atoms with Gasteiger partial charge in [0.1, 0.15) is 17.2 Å². The number of benzene rings is 1. The number of halogens is 4. The van der Waals surface area contributed by atoms with Gasteiger partial charge in [0.2, 0.25) is 0 Å². The van der Waals surface area contributed by atoms with Crippen molar-refractivity contribution in [2.75, 3.05) is 10.2 Å². The number of rotatable bonds is 6. The molecular formula is C23H19F4N5O2S. The molecule has 0 aliphatic carbocycles. The Hall–Kier alpha value is -3.67. The third-order valence-corrected chi connectivity index (χ3v) is 6.03. The SMILES string of the molecule is CC1(C)C(=O)N(c2ccc(SC(F)(F)F)cc2)C(=O)N1Cc1ccnc(Nc2cncc(F)c2)c1. The number of amides is 3. The lowest BCUT2D eigenvalue weighted by atomic mass is 10.0. The van der Waals surface area contributed by atoms with Crippen LogP contribution in [0.15, 0.2) is 66.0 Å². The summed E-state index contributed by atoms with van der Waals surface area (Å²) in [5.74, 6) is -0.628. The van der Waals surface area contributed by atoms with Crippen molar-refractivity contribution >= 4 is 40.9 Å². The van der Waals surface area contributed by atoms with Crippen molar-refractivity contribution < 1.29 is 27.2 Å². The molecule has 7 nitrogen and oxygen atoms in total. The van der Waals surface area contributed by atoms with Crippen molar-refractivity contribution in [3.05, 3.63) is 72.4 Å². The minimum atomic E-state index is -4.44. The first kappa shape index (κ1) is 24.5. The molecule has 1 aliphatic rings. The number of nitrogens with one attached hydrogen (secondary N) is 1. The van der Waals surface area contributed by atoms with Crippen LogP contribution in [-0.2, 0) is 11.3 Å². The fraction of sp³-hybridized carbons (Fsp3) is 0.217. The van der Waals surface area contributed by atoms with Gasteiger partial charge in [-0.05, 0) is 67.6 Å². The standard InChI is InChI=1S/C23H19F4N5O2S/c1-22(2)20(33)32(17-3-5-18(6-4-17)35-23(25,26)27)21(34)31(22)13-14-7-8-29-19(9-14)30-16-10-15(24)11-28-12-16/h3-12H,13H2,1-2H3,(H,29,30). The third-order valence-electron chi connectivity index (χ3n) is 5.29. The Balaban J connectivity index is 1.54. The van der Waals surface area contributed by atoms with E-state index in [-0.39, 0.29) is 28.9 Å². The highest BCUT2D eigenvalue weighted by Crippen LogP contribution is 2.39. The molecule has 12 heteroatoms. The van der Waals surface area contributed by atoms with Crippen LogP contribution in [-0.4, -0.2) is 37.9 Å². The summed E-state index contributed by atoms with van der Waals surface area (Å²) in [6.07, 6.45) is 4.01. The first-order valence-electron chi connectivity index (χ1n) is 10.3. The second kappa shape index (κ2) is 9.17. The summed E-state index contributed by atoms with van der Waals surface area (Å²) >= 11 is -0.277. The molecule has 3 heterocycles. The van der Waals surface area contributed by atoms with Gasteiger partial charge in [0.05, 0.1) is 23.8 Å². The number of pyridine rings is 2. The number of urea groups is 1. The Morgan fingerprint density at radius 2 is 1.77 bits per heavy atom. The van der Waals surface area contributed by atoms with Crippen LogP contribution >= 0.6 is 11.8 Å². The maximum Gasteiger partial charge on any atom is 0.446 e. The molecule has 3 aromatic rings. The molecule has 1 saturated heterocycles. The van der Waals surface area contributed by atoms with E-state index < -0.39 is 28.8 Å². The summed E-state index contributed by atoms with van der Waals surface area (Å²) in [6.45, 7) is 3.26. The van der Waals surface area contributed by atoms with Gasteiger partial charge in [-0.3, -0.25) is 9.78 Å². The van der Waals surface area contributed by atoms with Crippen LogP contribution < -0.4 is 10.2 Å². The van der Waals surface area contributed by atoms with Gasteiger partial charge in [-0.25, -0.2) is 19.1 Å². The Labute approximate surface area is 202 Å². The smallest absolute Gasteiger partial charge is 0.339 e. The van der Waals surface area contributed by atoms with Gasteiger partial charge in [-0.2, -0.15) is 13.2 Å². The predicted octanol–water partition coefficient (Wildman–Crippen LogP) is 5.72. The molecule has 4 rings (SSSR count). The zero-order valence-corrected chi connectivity index (χ0v) is 19.3. The minimum absolute atomic E-state index is 0.0539. The molecule has 0 bridgehead atoms. The number of carbonyl (C=O) groups is 2. The number of alkyl halides is 3. The van der Waals surface area contributed by atoms with E-state index in [0.29, 0.717) is 17.1 Å². The summed E-state index contributed by atoms with van der Waals surface area (Å²) in [4.78, 5) is 36.6. The molecule has 0 radical (unpaired) electrons. The average Bonchev–Trinajstić information content (AvgIpc) is 2.93. The highest BCUT2D eigenvalue weighted by Gasteiger charge is 2.51. The summed E-state index contributed by atoms with van der Waals surface area (Å²) in [6, 6.07) is 9.03. The zero-order valence-electron chi connectivity index (χ0n) is 18.5. The topological polar surface area (TPSA) is 78.4 Å². The normalized spacial score (nSPS) is 15.6. The Morgan fingerprint density at radius 1 is 1.06 bits per heavy atom. The van der Waals surface area contributed by atoms with Gasteiger partial charge < -0.3 is 10.2 Å². The van der Waals surface area contributed by atoms with Gasteiger partial charge in [-0.1, -0.05) is 0 Å². The number of carbonyl (C=O) groups excluding carboxylic acids is 2. The number of hydrogen-bond acceptors (Lipinski definition) is 6. The molecule has 1 aliphatic heterocycles. The molecule has 182 valence electrons. The van der Waals surface area contributed by atoms with E-state index in [2.05, 4.69) is 15.3 Å². The number of imide groups is 1. The number of nitrogens with zero attached hydrogens (tertiary/aromatic N) is 4. The van der Waals surface area contributed by atoms with E-state index in [9.17, 15) is 27.2 Å². The Bertz CT molecular complexity index is 1270. The van der Waals surface area contributed by atoms with Crippen molar-refractivity contribution in [3.8, 4) is 0 Å². The molecule has 35 heavy (non-hydrogen) atoms. The molecule has 0 spiro atoms. The van der Waals surface area contributed by atoms with Crippen LogP contribution in [0.4, 0.5) is 39.5 Å². The molecule has 2 aromatic heterocycles. The third kappa shape index (κ3) is 5.37. The van der Waals surface area contributed by atoms with Crippen LogP contribution in [0.2, 0.25) is 0 Å². The fourth-order valence-electron chi connectivity index (χ4n) is 3.58. The lowest BCUT2D eigenvalue weighted by molar-refractivity contribution is -0.123. The van der Waals surface area contributed by atoms with E-state index in [0.717, 1.165) is 11.1 Å². The zero-order chi connectivity index (χ0) is 25.4. The van der Waals surface area contributed by atoms with Gasteiger partial charge in [0.25, 0.3) is 5.91 Å². The van der Waals surface area contributed by atoms with Crippen molar-refractivity contribution in [3.63, 3.8) is 0 Å². The molecule has 1 N–H and O–H groups in total. The average molecular weight is 505 g/mol. The van der Waals surface area contributed by atoms with E-state index >= 15 is 0 Å². The van der Waals surface area contributed by atoms with Crippen LogP contribution in [0, 0.1) is 5.82 Å². The van der Waals surface area contributed by atoms with Gasteiger partial charge in [0.15, 0.2) is 0 Å². The summed E-state index contributed by atoms with van der Waals surface area (Å²) in [5, 5.41) is 2.93. The lowest BCUT2D eigenvalue weighted by Gasteiger charge is -2.27. The Morgan fingerprint density at radius 3 is 2.43 bits per heavy atom. The van der Waals surface area contributed by atoms with Crippen molar-refractivity contribution in [2.45, 2.75) is 36.3 Å². The number of thioether (sulfide) groups is 1. The first-order valence-corrected chi connectivity index (χ1v) is 11.1. The molecule has 3 amide bonds. The van der Waals surface area contributed by atoms with Crippen molar-refractivity contribution in [1.82, 2.24) is 14.9 Å². The van der Waals surface area contributed by atoms with Crippen LogP contribution in [0.5, 0.6) is 0 Å². The molecule has 0 saturated carbocycles. The van der Waals surface area contributed by atoms with Gasteiger partial charge in [-0.15, -0.1) is 0 Å². The van der Waals surface area contributed by atoms with E-state index in [4.69, 9.17) is 0 Å². The largest absolute Gasteiger partial charge is 0.446 e. The van der Waals surface area contributed by atoms with Crippen LogP contribution in [0.1, 0.15) is 19.4 Å². The highest BCUT2D eigenvalue weighted by molar-refractivity contribution is 8.00. The van der Waals surface area contributed by atoms with Crippen LogP contribution in [0.3, 0.4) is 0 Å². The van der Waals surface area contributed by atoms with E-state index in [1.807, 2.05) is 0 Å². The fourth-order valence-corrected chi connectivity index (χ4v) is 4.12. The Kier molecular flexibility index (Phi) is 6.41. The molecule has 1 aromatic carbocycles. The summed E-state index contributed by atoms with van der Waals surface area (Å²) in [7, 11) is 0. The first-order chi connectivity index (χ1) is 16.4. The van der Waals surface area contributed by atoms with E-state index in [1.165, 1.54) is 47.6 Å². The molecule has 0 atom stereocenters. The van der Waals surface area contributed by atoms with Gasteiger partial charge >= 0.3 is 11.5 Å². The molecule has 0 unspecified atom stereocenters. The monoisotopic (exact) mass is 505 g/mol. The maximum atomic E-state index is 13.4. The molecular weight excluding hydrogens is 486 g/mol. The summed E-state index contributed by atoms with van der Waals surface area (Å²) in [5.41, 5.74) is -4.43. The van der Waals surface area contributed by atoms with Crippen molar-refractivity contribution in [1.29, 1.82) is 0 Å². The maximum absolute atomic E-state index is 13.4. The van der Waals surface area contributed by atoms with Gasteiger partial charge in [0, 0.05) is 23.7 Å². The predicted molar refractivity (Wildman–Crippen MR) is 123 cm³/mol. The lowest BCUT2D eigenvalue weighted by Crippen LogP contribution is -2.43. The highest BCUT2D eigenvalue weighted by atomic mass is 32.2. The second-order valence-corrected chi connectivity index (χ2v) is 9.31. The molecule has 1 fully saturated rings. The van der Waals surface area contributed by atoms with Crippen molar-refractivity contribution in [2.24, 2.45) is 0 Å². The number of hydrogen-bond donors (Lipinski definition) is 1. The van der Waals surface area contributed by atoms with Crippen LogP contribution in [0.25, 0.3) is 0 Å². The van der Waals surface area contributed by atoms with E-state index in [1.54, 1.807) is 26.0 Å². The number of anilines is 3. The summed E-state index contributed by atoms with van der Waals surface area (Å²) < 4.78 is 51.2. The second-order valence-electron chi connectivity index (χ2n) is 8.18. The minimum Gasteiger partial charge on any atom is -0.339 e.